The van der Waals surface area contributed by atoms with E-state index in [9.17, 15) is 9.90 Å². The second kappa shape index (κ2) is 7.08. The normalized spacial score (nSPS) is 11.8. The summed E-state index contributed by atoms with van der Waals surface area (Å²) in [7, 11) is 1.43. The number of benzene rings is 3. The van der Waals surface area contributed by atoms with Gasteiger partial charge in [-0.1, -0.05) is 59.8 Å². The molecule has 0 fully saturated rings. The summed E-state index contributed by atoms with van der Waals surface area (Å²) in [5.74, 6) is -0.740. The summed E-state index contributed by atoms with van der Waals surface area (Å²) in [6.45, 7) is 0.428. The van der Waals surface area contributed by atoms with Crippen molar-refractivity contribution in [1.82, 2.24) is 4.57 Å². The van der Waals surface area contributed by atoms with E-state index in [0.717, 1.165) is 27.2 Å². The van der Waals surface area contributed by atoms with Gasteiger partial charge in [0.05, 0.1) is 0 Å². The molecule has 4 aromatic rings. The summed E-state index contributed by atoms with van der Waals surface area (Å²) in [4.78, 5) is 16.6. The van der Waals surface area contributed by atoms with E-state index in [4.69, 9.17) is 10.6 Å². The van der Waals surface area contributed by atoms with Crippen molar-refractivity contribution in [3.8, 4) is 0 Å². The fourth-order valence-electron chi connectivity index (χ4n) is 3.51. The van der Waals surface area contributed by atoms with Crippen molar-refractivity contribution in [2.45, 2.75) is 6.54 Å². The first-order valence-electron chi connectivity index (χ1n) is 8.78. The molecular weight excluding hydrogens is 354 g/mol. The summed E-state index contributed by atoms with van der Waals surface area (Å²) in [5.41, 5.74) is 8.65. The Morgan fingerprint density at radius 2 is 1.86 bits per heavy atom. The minimum Gasteiger partial charge on any atom is -0.477 e. The minimum absolute atomic E-state index is 0.224. The van der Waals surface area contributed by atoms with Gasteiger partial charge in [0.25, 0.3) is 0 Å². The van der Waals surface area contributed by atoms with Crippen LogP contribution in [0.15, 0.2) is 71.9 Å². The molecule has 0 aliphatic heterocycles. The van der Waals surface area contributed by atoms with Crippen molar-refractivity contribution >= 4 is 33.5 Å². The van der Waals surface area contributed by atoms with Crippen LogP contribution < -0.4 is 5.73 Å². The predicted molar refractivity (Wildman–Crippen MR) is 110 cm³/mol. The van der Waals surface area contributed by atoms with E-state index in [0.29, 0.717) is 12.1 Å². The number of aromatic nitrogens is 1. The Hall–Kier alpha value is -3.80. The molecule has 0 atom stereocenters. The number of carboxylic acids is 1. The van der Waals surface area contributed by atoms with Crippen molar-refractivity contribution in [1.29, 1.82) is 0 Å². The lowest BCUT2D eigenvalue weighted by molar-refractivity contribution is 0.0686. The number of hydrogen-bond acceptors (Lipinski definition) is 3. The summed E-state index contributed by atoms with van der Waals surface area (Å²) in [5, 5.41) is 16.5. The number of amidine groups is 1. The molecule has 0 aliphatic rings. The van der Waals surface area contributed by atoms with E-state index in [2.05, 4.69) is 5.16 Å². The lowest BCUT2D eigenvalue weighted by atomic mass is 10.0. The van der Waals surface area contributed by atoms with Gasteiger partial charge >= 0.3 is 5.97 Å². The predicted octanol–water partition coefficient (Wildman–Crippen LogP) is 3.81. The quantitative estimate of drug-likeness (QED) is 0.316. The zero-order chi connectivity index (χ0) is 19.7. The first kappa shape index (κ1) is 17.6. The largest absolute Gasteiger partial charge is 0.477 e. The molecule has 0 spiro atoms. The van der Waals surface area contributed by atoms with E-state index in [1.807, 2.05) is 54.6 Å². The third-order valence-electron chi connectivity index (χ3n) is 4.82. The van der Waals surface area contributed by atoms with E-state index >= 15 is 0 Å². The number of rotatable bonds is 5. The van der Waals surface area contributed by atoms with Gasteiger partial charge in [-0.15, -0.1) is 0 Å². The molecule has 3 N–H and O–H groups in total. The molecule has 140 valence electrons. The molecule has 3 aromatic carbocycles. The SMILES string of the molecule is CON=C(N)c1ccc2cc(C(=O)O)n(Cc3cccc4ccccc34)c2c1. The number of aromatic carboxylic acids is 1. The minimum atomic E-state index is -0.975. The lowest BCUT2D eigenvalue weighted by Gasteiger charge is -2.12. The summed E-state index contributed by atoms with van der Waals surface area (Å²) < 4.78 is 1.79. The highest BCUT2D eigenvalue weighted by molar-refractivity contribution is 6.02. The summed E-state index contributed by atoms with van der Waals surface area (Å²) in [6.07, 6.45) is 0. The van der Waals surface area contributed by atoms with Crippen molar-refractivity contribution in [2.75, 3.05) is 7.11 Å². The molecule has 1 aromatic heterocycles. The topological polar surface area (TPSA) is 89.8 Å². The zero-order valence-electron chi connectivity index (χ0n) is 15.3. The van der Waals surface area contributed by atoms with E-state index in [1.54, 1.807) is 16.7 Å². The molecule has 0 unspecified atom stereocenters. The van der Waals surface area contributed by atoms with Crippen molar-refractivity contribution in [2.24, 2.45) is 10.9 Å². The molecule has 0 saturated heterocycles. The van der Waals surface area contributed by atoms with Gasteiger partial charge in [0.2, 0.25) is 0 Å². The van der Waals surface area contributed by atoms with E-state index in [1.165, 1.54) is 7.11 Å². The molecule has 4 rings (SSSR count). The number of hydrogen-bond donors (Lipinski definition) is 2. The van der Waals surface area contributed by atoms with Gasteiger partial charge < -0.3 is 20.2 Å². The van der Waals surface area contributed by atoms with Gasteiger partial charge in [-0.05, 0) is 28.5 Å². The third kappa shape index (κ3) is 3.05. The number of carboxylic acid groups (broad SMARTS) is 1. The Kier molecular flexibility index (Phi) is 4.45. The van der Waals surface area contributed by atoms with Crippen molar-refractivity contribution in [3.63, 3.8) is 0 Å². The summed E-state index contributed by atoms with van der Waals surface area (Å²) in [6, 6.07) is 21.3. The van der Waals surface area contributed by atoms with E-state index < -0.39 is 5.97 Å². The van der Waals surface area contributed by atoms with Crippen LogP contribution in [0.2, 0.25) is 0 Å². The molecular formula is C22H19N3O3. The average molecular weight is 373 g/mol. The molecule has 0 saturated carbocycles. The maximum Gasteiger partial charge on any atom is 0.352 e. The van der Waals surface area contributed by atoms with Crippen LogP contribution in [0.4, 0.5) is 0 Å². The van der Waals surface area contributed by atoms with Crippen LogP contribution in [0.5, 0.6) is 0 Å². The van der Waals surface area contributed by atoms with Gasteiger partial charge in [-0.2, -0.15) is 0 Å². The van der Waals surface area contributed by atoms with Crippen LogP contribution in [0.3, 0.4) is 0 Å². The molecule has 6 nitrogen and oxygen atoms in total. The monoisotopic (exact) mass is 373 g/mol. The Bertz CT molecular complexity index is 1220. The maximum absolute atomic E-state index is 11.9. The summed E-state index contributed by atoms with van der Waals surface area (Å²) >= 11 is 0. The van der Waals surface area contributed by atoms with Gasteiger partial charge in [0, 0.05) is 23.0 Å². The highest BCUT2D eigenvalue weighted by Crippen LogP contribution is 2.26. The Balaban J connectivity index is 1.90. The van der Waals surface area contributed by atoms with Gasteiger partial charge in [0.15, 0.2) is 5.84 Å². The Morgan fingerprint density at radius 3 is 2.64 bits per heavy atom. The molecule has 0 amide bonds. The number of fused-ring (bicyclic) bond motifs is 2. The molecule has 1 heterocycles. The van der Waals surface area contributed by atoms with Crippen LogP contribution >= 0.6 is 0 Å². The Morgan fingerprint density at radius 1 is 1.07 bits per heavy atom. The zero-order valence-corrected chi connectivity index (χ0v) is 15.3. The van der Waals surface area contributed by atoms with Crippen molar-refractivity contribution in [3.05, 3.63) is 83.6 Å². The van der Waals surface area contributed by atoms with Gasteiger partial charge in [-0.25, -0.2) is 4.79 Å². The molecule has 0 radical (unpaired) electrons. The van der Waals surface area contributed by atoms with Crippen LogP contribution in [0.1, 0.15) is 21.6 Å². The molecule has 0 bridgehead atoms. The first-order chi connectivity index (χ1) is 13.6. The highest BCUT2D eigenvalue weighted by Gasteiger charge is 2.17. The standard InChI is InChI=1S/C22H19N3O3/c1-28-24-21(23)16-10-9-15-11-20(22(26)27)25(19(15)12-16)13-17-7-4-6-14-5-2-3-8-18(14)17/h2-12H,13H2,1H3,(H2,23,24)(H,26,27). The highest BCUT2D eigenvalue weighted by atomic mass is 16.6. The van der Waals surface area contributed by atoms with Crippen LogP contribution in [-0.4, -0.2) is 28.6 Å². The molecule has 28 heavy (non-hydrogen) atoms. The smallest absolute Gasteiger partial charge is 0.352 e. The second-order valence-corrected chi connectivity index (χ2v) is 6.49. The second-order valence-electron chi connectivity index (χ2n) is 6.49. The fourth-order valence-corrected chi connectivity index (χ4v) is 3.51. The maximum atomic E-state index is 11.9. The Labute approximate surface area is 161 Å². The van der Waals surface area contributed by atoms with E-state index in [-0.39, 0.29) is 11.5 Å². The van der Waals surface area contributed by atoms with Crippen LogP contribution in [0.25, 0.3) is 21.7 Å². The van der Waals surface area contributed by atoms with Gasteiger partial charge in [-0.3, -0.25) is 0 Å². The number of carbonyl (C=O) groups is 1. The fraction of sp³-hybridized carbons (Fsp3) is 0.0909. The number of oxime groups is 1. The van der Waals surface area contributed by atoms with Crippen LogP contribution in [-0.2, 0) is 11.4 Å². The van der Waals surface area contributed by atoms with Gasteiger partial charge in [0.1, 0.15) is 12.8 Å². The van der Waals surface area contributed by atoms with Crippen LogP contribution in [0, 0.1) is 0 Å². The average Bonchev–Trinajstić information content (AvgIpc) is 3.06. The lowest BCUT2D eigenvalue weighted by Crippen LogP contribution is -2.14. The number of nitrogens with zero attached hydrogens (tertiary/aromatic N) is 2. The number of nitrogens with two attached hydrogens (primary N) is 1. The van der Waals surface area contributed by atoms with Crippen molar-refractivity contribution < 1.29 is 14.7 Å². The molecule has 6 heteroatoms. The first-order valence-corrected chi connectivity index (χ1v) is 8.78. The molecule has 0 aliphatic carbocycles. The third-order valence-corrected chi connectivity index (χ3v) is 4.82.